The van der Waals surface area contributed by atoms with Gasteiger partial charge in [-0.2, -0.15) is 0 Å². The number of benzene rings is 2. The van der Waals surface area contributed by atoms with E-state index in [9.17, 15) is 9.59 Å². The molecule has 0 fully saturated rings. The van der Waals surface area contributed by atoms with E-state index >= 15 is 0 Å². The Morgan fingerprint density at radius 1 is 1.00 bits per heavy atom. The monoisotopic (exact) mass is 384 g/mol. The molecule has 28 heavy (non-hydrogen) atoms. The predicted octanol–water partition coefficient (Wildman–Crippen LogP) is 2.74. The summed E-state index contributed by atoms with van der Waals surface area (Å²) in [5.74, 6) is -0.00840. The van der Waals surface area contributed by atoms with Crippen molar-refractivity contribution in [2.45, 2.75) is 6.92 Å². The first-order valence-corrected chi connectivity index (χ1v) is 8.89. The Balaban J connectivity index is 1.93. The minimum atomic E-state index is -0.489. The molecule has 0 unspecified atom stereocenters. The molecule has 7 heteroatoms. The first-order chi connectivity index (χ1) is 13.7. The lowest BCUT2D eigenvalue weighted by Crippen LogP contribution is -2.41. The zero-order valence-corrected chi connectivity index (χ0v) is 15.8. The molecule has 0 bridgehead atoms. The fraction of sp³-hybridized carbons (Fsp3) is 0.238. The van der Waals surface area contributed by atoms with E-state index in [1.807, 2.05) is 6.92 Å². The van der Waals surface area contributed by atoms with Gasteiger partial charge in [-0.3, -0.25) is 20.4 Å². The van der Waals surface area contributed by atoms with Crippen molar-refractivity contribution in [3.8, 4) is 11.5 Å². The maximum absolute atomic E-state index is 12.4. The number of rotatable bonds is 10. The highest BCUT2D eigenvalue weighted by Crippen LogP contribution is 2.17. The first kappa shape index (κ1) is 21.0. The standard InChI is InChI=1S/C21H24N2O5/c1-3-12-28-19-11-6-5-10-18(19)21(25)23-22-20(24)16-8-7-9-17(15-16)27-14-13-26-4-2/h3,5-11,15H,1,4,12-14H2,2H3,(H,22,24)(H,23,25). The van der Waals surface area contributed by atoms with Gasteiger partial charge >= 0.3 is 0 Å². The number of carbonyl (C=O) groups is 2. The number of carbonyl (C=O) groups excluding carboxylic acids is 2. The van der Waals surface area contributed by atoms with E-state index in [4.69, 9.17) is 14.2 Å². The Morgan fingerprint density at radius 2 is 1.79 bits per heavy atom. The number of hydrogen-bond donors (Lipinski definition) is 2. The number of hydrazine groups is 1. The fourth-order valence-corrected chi connectivity index (χ4v) is 2.27. The lowest BCUT2D eigenvalue weighted by Gasteiger charge is -2.12. The molecule has 148 valence electrons. The zero-order chi connectivity index (χ0) is 20.2. The Morgan fingerprint density at radius 3 is 2.57 bits per heavy atom. The van der Waals surface area contributed by atoms with Crippen molar-refractivity contribution >= 4 is 11.8 Å². The van der Waals surface area contributed by atoms with Crippen molar-refractivity contribution in [3.05, 3.63) is 72.3 Å². The van der Waals surface area contributed by atoms with Crippen LogP contribution in [0.4, 0.5) is 0 Å². The van der Waals surface area contributed by atoms with Crippen molar-refractivity contribution in [2.75, 3.05) is 26.4 Å². The summed E-state index contributed by atoms with van der Waals surface area (Å²) in [5, 5.41) is 0. The van der Waals surface area contributed by atoms with Crippen LogP contribution in [0.1, 0.15) is 27.6 Å². The third kappa shape index (κ3) is 6.44. The summed E-state index contributed by atoms with van der Waals surface area (Å²) in [6.07, 6.45) is 1.58. The molecule has 2 rings (SSSR count). The average Bonchev–Trinajstić information content (AvgIpc) is 2.73. The van der Waals surface area contributed by atoms with Crippen LogP contribution in [0.15, 0.2) is 61.2 Å². The lowest BCUT2D eigenvalue weighted by atomic mass is 10.2. The van der Waals surface area contributed by atoms with Gasteiger partial charge in [-0.1, -0.05) is 30.9 Å². The molecule has 0 aliphatic carbocycles. The summed E-state index contributed by atoms with van der Waals surface area (Å²) in [6, 6.07) is 13.4. The van der Waals surface area contributed by atoms with Crippen LogP contribution < -0.4 is 20.3 Å². The average molecular weight is 384 g/mol. The molecule has 0 saturated carbocycles. The summed E-state index contributed by atoms with van der Waals surface area (Å²) < 4.78 is 16.2. The Bertz CT molecular complexity index is 807. The van der Waals surface area contributed by atoms with Crippen LogP contribution in [0.2, 0.25) is 0 Å². The van der Waals surface area contributed by atoms with Gasteiger partial charge in [-0.15, -0.1) is 0 Å². The number of hydrogen-bond acceptors (Lipinski definition) is 5. The number of nitrogens with one attached hydrogen (secondary N) is 2. The molecule has 0 aliphatic rings. The first-order valence-electron chi connectivity index (χ1n) is 8.89. The molecule has 2 aromatic carbocycles. The Hall–Kier alpha value is -3.32. The molecule has 0 aromatic heterocycles. The molecule has 2 aromatic rings. The Labute approximate surface area is 164 Å². The van der Waals surface area contributed by atoms with Crippen LogP contribution >= 0.6 is 0 Å². The van der Waals surface area contributed by atoms with Crippen molar-refractivity contribution in [2.24, 2.45) is 0 Å². The summed E-state index contributed by atoms with van der Waals surface area (Å²) in [6.45, 7) is 7.23. The van der Waals surface area contributed by atoms with Gasteiger partial charge in [0.15, 0.2) is 0 Å². The number of para-hydroxylation sites is 1. The second-order valence-corrected chi connectivity index (χ2v) is 5.58. The minimum Gasteiger partial charge on any atom is -0.491 e. The van der Waals surface area contributed by atoms with Crippen LogP contribution in [-0.2, 0) is 4.74 Å². The van der Waals surface area contributed by atoms with E-state index < -0.39 is 11.8 Å². The van der Waals surface area contributed by atoms with Crippen LogP contribution in [0.5, 0.6) is 11.5 Å². The van der Waals surface area contributed by atoms with Gasteiger partial charge in [0.05, 0.1) is 12.2 Å². The van der Waals surface area contributed by atoms with E-state index in [-0.39, 0.29) is 6.61 Å². The molecule has 7 nitrogen and oxygen atoms in total. The summed E-state index contributed by atoms with van der Waals surface area (Å²) >= 11 is 0. The molecule has 0 spiro atoms. The highest BCUT2D eigenvalue weighted by atomic mass is 16.5. The zero-order valence-electron chi connectivity index (χ0n) is 15.8. The highest BCUT2D eigenvalue weighted by Gasteiger charge is 2.13. The van der Waals surface area contributed by atoms with Crippen LogP contribution in [0.25, 0.3) is 0 Å². The molecule has 0 saturated heterocycles. The van der Waals surface area contributed by atoms with Crippen LogP contribution in [0.3, 0.4) is 0 Å². The summed E-state index contributed by atoms with van der Waals surface area (Å²) in [4.78, 5) is 24.7. The lowest BCUT2D eigenvalue weighted by molar-refractivity contribution is 0.0844. The van der Waals surface area contributed by atoms with Crippen molar-refractivity contribution < 1.29 is 23.8 Å². The molecule has 2 N–H and O–H groups in total. The smallest absolute Gasteiger partial charge is 0.273 e. The van der Waals surface area contributed by atoms with Crippen LogP contribution in [0, 0.1) is 0 Å². The molecular formula is C21H24N2O5. The molecule has 0 heterocycles. The van der Waals surface area contributed by atoms with Gasteiger partial charge in [-0.05, 0) is 37.3 Å². The quantitative estimate of drug-likeness (QED) is 0.374. The second-order valence-electron chi connectivity index (χ2n) is 5.58. The molecule has 0 radical (unpaired) electrons. The third-order valence-corrected chi connectivity index (χ3v) is 3.57. The van der Waals surface area contributed by atoms with Gasteiger partial charge in [0.1, 0.15) is 24.7 Å². The number of amides is 2. The summed E-state index contributed by atoms with van der Waals surface area (Å²) in [7, 11) is 0. The normalized spacial score (nSPS) is 10.0. The maximum Gasteiger partial charge on any atom is 0.273 e. The van der Waals surface area contributed by atoms with Gasteiger partial charge < -0.3 is 14.2 Å². The van der Waals surface area contributed by atoms with Crippen molar-refractivity contribution in [1.29, 1.82) is 0 Å². The van der Waals surface area contributed by atoms with E-state index in [0.29, 0.717) is 42.4 Å². The van der Waals surface area contributed by atoms with E-state index in [2.05, 4.69) is 17.4 Å². The minimum absolute atomic E-state index is 0.271. The third-order valence-electron chi connectivity index (χ3n) is 3.57. The van der Waals surface area contributed by atoms with E-state index in [1.54, 1.807) is 54.6 Å². The number of ether oxygens (including phenoxy) is 3. The molecule has 0 aliphatic heterocycles. The Kier molecular flexibility index (Phi) is 8.55. The van der Waals surface area contributed by atoms with E-state index in [1.165, 1.54) is 0 Å². The van der Waals surface area contributed by atoms with Crippen LogP contribution in [-0.4, -0.2) is 38.2 Å². The predicted molar refractivity (Wildman–Crippen MR) is 105 cm³/mol. The van der Waals surface area contributed by atoms with Gasteiger partial charge in [-0.25, -0.2) is 0 Å². The maximum atomic E-state index is 12.4. The van der Waals surface area contributed by atoms with Crippen molar-refractivity contribution in [1.82, 2.24) is 10.9 Å². The highest BCUT2D eigenvalue weighted by molar-refractivity contribution is 6.00. The molecule has 0 atom stereocenters. The SMILES string of the molecule is C=CCOc1ccccc1C(=O)NNC(=O)c1cccc(OCCOCC)c1. The van der Waals surface area contributed by atoms with Gasteiger partial charge in [0, 0.05) is 12.2 Å². The fourth-order valence-electron chi connectivity index (χ4n) is 2.27. The molecular weight excluding hydrogens is 360 g/mol. The second kappa shape index (κ2) is 11.4. The topological polar surface area (TPSA) is 85.9 Å². The van der Waals surface area contributed by atoms with Gasteiger partial charge in [0.25, 0.3) is 11.8 Å². The molecule has 2 amide bonds. The largest absolute Gasteiger partial charge is 0.491 e. The van der Waals surface area contributed by atoms with Gasteiger partial charge in [0.2, 0.25) is 0 Å². The van der Waals surface area contributed by atoms with Crippen molar-refractivity contribution in [3.63, 3.8) is 0 Å². The van der Waals surface area contributed by atoms with E-state index in [0.717, 1.165) is 0 Å². The summed E-state index contributed by atoms with van der Waals surface area (Å²) in [5.41, 5.74) is 5.43.